The van der Waals surface area contributed by atoms with E-state index in [-0.39, 0.29) is 29.8 Å². The number of ether oxygens (including phenoxy) is 1. The van der Waals surface area contributed by atoms with Crippen molar-refractivity contribution in [2.45, 2.75) is 25.4 Å². The summed E-state index contributed by atoms with van der Waals surface area (Å²) in [5.41, 5.74) is 0. The maximum atomic E-state index is 11.7. The second-order valence-corrected chi connectivity index (χ2v) is 4.50. The van der Waals surface area contributed by atoms with E-state index in [2.05, 4.69) is 20.7 Å². The van der Waals surface area contributed by atoms with E-state index < -0.39 is 12.0 Å². The van der Waals surface area contributed by atoms with Gasteiger partial charge in [0.15, 0.2) is 0 Å². The summed E-state index contributed by atoms with van der Waals surface area (Å²) in [7, 11) is 1.30. The number of hydrogen-bond acceptors (Lipinski definition) is 4. The molecule has 1 heterocycles. The highest BCUT2D eigenvalue weighted by Crippen LogP contribution is 2.30. The van der Waals surface area contributed by atoms with Crippen LogP contribution in [0.15, 0.2) is 0 Å². The van der Waals surface area contributed by atoms with E-state index in [9.17, 15) is 14.7 Å². The van der Waals surface area contributed by atoms with E-state index in [4.69, 9.17) is 0 Å². The van der Waals surface area contributed by atoms with E-state index in [0.29, 0.717) is 6.42 Å². The van der Waals surface area contributed by atoms with Crippen LogP contribution in [0.4, 0.5) is 0 Å². The Labute approximate surface area is 103 Å². The molecule has 0 bridgehead atoms. The number of alkyl halides is 1. The fourth-order valence-electron chi connectivity index (χ4n) is 2.17. The molecule has 0 aliphatic carbocycles. The minimum atomic E-state index is -0.567. The molecule has 0 unspecified atom stereocenters. The third-order valence-electron chi connectivity index (χ3n) is 3.01. The highest BCUT2D eigenvalue weighted by Gasteiger charge is 2.44. The Bertz CT molecular complexity index is 284. The second-order valence-electron chi connectivity index (χ2n) is 3.94. The van der Waals surface area contributed by atoms with E-state index in [0.717, 1.165) is 0 Å². The predicted octanol–water partition coefficient (Wildman–Crippen LogP) is 0.152. The van der Waals surface area contributed by atoms with E-state index in [1.54, 1.807) is 0 Å². The number of methoxy groups -OCH3 is 1. The maximum absolute atomic E-state index is 11.7. The number of halogens is 1. The number of aliphatic hydroxyl groups is 1. The van der Waals surface area contributed by atoms with Gasteiger partial charge in [0.2, 0.25) is 5.91 Å². The van der Waals surface area contributed by atoms with Crippen LogP contribution in [0.5, 0.6) is 0 Å². The summed E-state index contributed by atoms with van der Waals surface area (Å²) < 4.78 is 4.67. The van der Waals surface area contributed by atoms with Crippen LogP contribution in [-0.4, -0.2) is 53.0 Å². The van der Waals surface area contributed by atoms with Crippen LogP contribution in [-0.2, 0) is 14.3 Å². The van der Waals surface area contributed by atoms with Gasteiger partial charge in [0.25, 0.3) is 0 Å². The van der Waals surface area contributed by atoms with E-state index >= 15 is 0 Å². The van der Waals surface area contributed by atoms with Crippen LogP contribution in [0.2, 0.25) is 0 Å². The average molecular weight is 294 g/mol. The number of carbonyl (C=O) groups is 2. The molecule has 92 valence electrons. The van der Waals surface area contributed by atoms with Crippen LogP contribution in [0.3, 0.4) is 0 Å². The smallest absolute Gasteiger partial charge is 0.328 e. The van der Waals surface area contributed by atoms with Crippen molar-refractivity contribution < 1.29 is 19.4 Å². The molecule has 1 aliphatic heterocycles. The Kier molecular flexibility index (Phi) is 4.73. The number of likely N-dealkylation sites (tertiary alicyclic amines) is 1. The Hall–Kier alpha value is -0.620. The first kappa shape index (κ1) is 13.4. The van der Waals surface area contributed by atoms with E-state index in [1.165, 1.54) is 12.0 Å². The molecule has 3 atom stereocenters. The molecule has 16 heavy (non-hydrogen) atoms. The van der Waals surface area contributed by atoms with Gasteiger partial charge in [-0.3, -0.25) is 4.79 Å². The SMILES string of the molecule is COC(=O)[C@@H]1C[C@@H](C)[C@@H](CO)N1C(=O)CBr. The topological polar surface area (TPSA) is 66.8 Å². The molecule has 5 nitrogen and oxygen atoms in total. The number of hydrogen-bond donors (Lipinski definition) is 1. The van der Waals surface area contributed by atoms with Crippen LogP contribution in [0, 0.1) is 5.92 Å². The summed E-state index contributed by atoms with van der Waals surface area (Å²) in [4.78, 5) is 24.7. The zero-order valence-electron chi connectivity index (χ0n) is 9.35. The molecule has 1 N–H and O–H groups in total. The van der Waals surface area contributed by atoms with Gasteiger partial charge in [-0.05, 0) is 12.3 Å². The number of esters is 1. The summed E-state index contributed by atoms with van der Waals surface area (Å²) in [6, 6.07) is -0.864. The molecular formula is C10H16BrNO4. The fourth-order valence-corrected chi connectivity index (χ4v) is 2.46. The number of nitrogens with zero attached hydrogens (tertiary/aromatic N) is 1. The molecule has 6 heteroatoms. The van der Waals surface area contributed by atoms with Crippen molar-refractivity contribution in [3.05, 3.63) is 0 Å². The zero-order valence-corrected chi connectivity index (χ0v) is 10.9. The number of amides is 1. The van der Waals surface area contributed by atoms with Gasteiger partial charge in [-0.2, -0.15) is 0 Å². The quantitative estimate of drug-likeness (QED) is 0.594. The van der Waals surface area contributed by atoms with Crippen molar-refractivity contribution in [2.24, 2.45) is 5.92 Å². The molecule has 0 aromatic heterocycles. The molecule has 1 aliphatic rings. The lowest BCUT2D eigenvalue weighted by Crippen LogP contribution is -2.47. The lowest BCUT2D eigenvalue weighted by molar-refractivity contribution is -0.151. The van der Waals surface area contributed by atoms with Crippen LogP contribution in [0.25, 0.3) is 0 Å². The van der Waals surface area contributed by atoms with Crippen molar-refractivity contribution in [1.29, 1.82) is 0 Å². The normalized spacial score (nSPS) is 29.2. The molecule has 0 radical (unpaired) electrons. The van der Waals surface area contributed by atoms with Crippen molar-refractivity contribution in [2.75, 3.05) is 19.0 Å². The minimum absolute atomic E-state index is 0.0945. The molecule has 1 saturated heterocycles. The summed E-state index contributed by atoms with van der Waals surface area (Å²) in [5, 5.41) is 9.40. The Balaban J connectivity index is 2.92. The van der Waals surface area contributed by atoms with Crippen molar-refractivity contribution in [3.8, 4) is 0 Å². The monoisotopic (exact) mass is 293 g/mol. The lowest BCUT2D eigenvalue weighted by Gasteiger charge is -2.28. The summed E-state index contributed by atoms with van der Waals surface area (Å²) in [6.07, 6.45) is 0.538. The first-order valence-corrected chi connectivity index (χ1v) is 6.24. The zero-order chi connectivity index (χ0) is 12.3. The fraction of sp³-hybridized carbons (Fsp3) is 0.800. The summed E-state index contributed by atoms with van der Waals surface area (Å²) in [5.74, 6) is -0.520. The van der Waals surface area contributed by atoms with Crippen LogP contribution in [0.1, 0.15) is 13.3 Å². The molecule has 0 aromatic carbocycles. The van der Waals surface area contributed by atoms with Gasteiger partial charge in [0.1, 0.15) is 6.04 Å². The molecule has 0 aromatic rings. The van der Waals surface area contributed by atoms with Crippen molar-refractivity contribution >= 4 is 27.8 Å². The Morgan fingerprint density at radius 2 is 2.19 bits per heavy atom. The molecule has 1 fully saturated rings. The summed E-state index contributed by atoms with van der Waals surface area (Å²) in [6.45, 7) is 1.78. The van der Waals surface area contributed by atoms with Gasteiger partial charge in [0.05, 0.1) is 25.1 Å². The molecule has 1 rings (SSSR count). The van der Waals surface area contributed by atoms with Gasteiger partial charge < -0.3 is 14.7 Å². The first-order chi connectivity index (χ1) is 7.56. The number of carbonyl (C=O) groups excluding carboxylic acids is 2. The van der Waals surface area contributed by atoms with Gasteiger partial charge in [0, 0.05) is 0 Å². The van der Waals surface area contributed by atoms with Crippen molar-refractivity contribution in [1.82, 2.24) is 4.90 Å². The molecule has 0 spiro atoms. The number of aliphatic hydroxyl groups excluding tert-OH is 1. The number of rotatable bonds is 3. The highest BCUT2D eigenvalue weighted by molar-refractivity contribution is 9.09. The standard InChI is InChI=1S/C10H16BrNO4/c1-6-3-7(10(15)16-2)12(8(6)5-13)9(14)4-11/h6-8,13H,3-5H2,1-2H3/t6-,7+,8-/m1/s1. The summed E-state index contributed by atoms with van der Waals surface area (Å²) >= 11 is 3.08. The Morgan fingerprint density at radius 3 is 2.62 bits per heavy atom. The van der Waals surface area contributed by atoms with Gasteiger partial charge in [-0.1, -0.05) is 22.9 Å². The lowest BCUT2D eigenvalue weighted by atomic mass is 10.0. The molecule has 1 amide bonds. The van der Waals surface area contributed by atoms with Crippen molar-refractivity contribution in [3.63, 3.8) is 0 Å². The third kappa shape index (κ3) is 2.38. The minimum Gasteiger partial charge on any atom is -0.467 e. The Morgan fingerprint density at radius 1 is 1.56 bits per heavy atom. The second kappa shape index (κ2) is 5.63. The molecular weight excluding hydrogens is 278 g/mol. The van der Waals surface area contributed by atoms with Crippen LogP contribution < -0.4 is 0 Å². The predicted molar refractivity (Wildman–Crippen MR) is 61.1 cm³/mol. The molecule has 0 saturated carbocycles. The van der Waals surface area contributed by atoms with E-state index in [1.807, 2.05) is 6.92 Å². The van der Waals surface area contributed by atoms with Crippen LogP contribution >= 0.6 is 15.9 Å². The first-order valence-electron chi connectivity index (χ1n) is 5.12. The highest BCUT2D eigenvalue weighted by atomic mass is 79.9. The maximum Gasteiger partial charge on any atom is 0.328 e. The third-order valence-corrected chi connectivity index (χ3v) is 3.49. The van der Waals surface area contributed by atoms with Gasteiger partial charge >= 0.3 is 5.97 Å². The van der Waals surface area contributed by atoms with Gasteiger partial charge in [-0.25, -0.2) is 4.79 Å². The largest absolute Gasteiger partial charge is 0.467 e. The van der Waals surface area contributed by atoms with Gasteiger partial charge in [-0.15, -0.1) is 0 Å². The average Bonchev–Trinajstić information content (AvgIpc) is 2.63.